The first-order valence-corrected chi connectivity index (χ1v) is 7.36. The van der Waals surface area contributed by atoms with E-state index < -0.39 is 5.97 Å². The Balaban J connectivity index is 1.78. The second kappa shape index (κ2) is 4.84. The van der Waals surface area contributed by atoms with Gasteiger partial charge in [0.25, 0.3) is 0 Å². The fraction of sp³-hybridized carbons (Fsp3) is 0.556. The lowest BCUT2D eigenvalue weighted by Crippen LogP contribution is -2.59. The van der Waals surface area contributed by atoms with Crippen molar-refractivity contribution in [2.75, 3.05) is 19.8 Å². The molecule has 3 heteroatoms. The summed E-state index contributed by atoms with van der Waals surface area (Å²) < 4.78 is 17.9. The molecule has 3 aliphatic rings. The van der Waals surface area contributed by atoms with Crippen molar-refractivity contribution in [2.45, 2.75) is 33.2 Å². The Morgan fingerprint density at radius 1 is 1.05 bits per heavy atom. The van der Waals surface area contributed by atoms with Crippen molar-refractivity contribution in [1.29, 1.82) is 0 Å². The second-order valence-corrected chi connectivity index (χ2v) is 7.38. The average molecular weight is 286 g/mol. The molecule has 21 heavy (non-hydrogen) atoms. The van der Waals surface area contributed by atoms with Crippen LogP contribution in [0.1, 0.15) is 38.3 Å². The van der Waals surface area contributed by atoms with Crippen LogP contribution in [0.3, 0.4) is 0 Å². The molecule has 3 fully saturated rings. The summed E-state index contributed by atoms with van der Waals surface area (Å²) in [5.74, 6) is 1.56. The smallest absolute Gasteiger partial charge is 0.312 e. The van der Waals surface area contributed by atoms with Gasteiger partial charge in [-0.2, -0.15) is 0 Å². The zero-order valence-corrected chi connectivity index (χ0v) is 12.9. The van der Waals surface area contributed by atoms with Crippen LogP contribution >= 0.6 is 0 Å². The molecular formula is C18H22O3. The van der Waals surface area contributed by atoms with Crippen molar-refractivity contribution in [3.05, 3.63) is 35.4 Å². The Morgan fingerprint density at radius 2 is 1.57 bits per heavy atom. The van der Waals surface area contributed by atoms with E-state index in [1.807, 2.05) is 24.3 Å². The molecule has 3 aliphatic heterocycles. The summed E-state index contributed by atoms with van der Waals surface area (Å²) in [6.07, 6.45) is 6.40. The van der Waals surface area contributed by atoms with Gasteiger partial charge in [-0.25, -0.2) is 0 Å². The van der Waals surface area contributed by atoms with Crippen molar-refractivity contribution in [3.8, 4) is 12.3 Å². The van der Waals surface area contributed by atoms with Crippen molar-refractivity contribution in [2.24, 2.45) is 10.8 Å². The minimum Gasteiger partial charge on any atom is -0.323 e. The molecule has 0 unspecified atom stereocenters. The molecule has 4 rings (SSSR count). The Kier molecular flexibility index (Phi) is 3.37. The van der Waals surface area contributed by atoms with Crippen LogP contribution in [-0.4, -0.2) is 19.8 Å². The summed E-state index contributed by atoms with van der Waals surface area (Å²) >= 11 is 0. The van der Waals surface area contributed by atoms with Gasteiger partial charge in [0.2, 0.25) is 0 Å². The molecule has 1 aromatic rings. The highest BCUT2D eigenvalue weighted by Gasteiger charge is 2.54. The molecule has 2 bridgehead atoms. The summed E-state index contributed by atoms with van der Waals surface area (Å²) in [6.45, 7) is 8.70. The maximum absolute atomic E-state index is 5.98. The number of rotatable bonds is 2. The first-order valence-electron chi connectivity index (χ1n) is 7.36. The standard InChI is InChI=1S/C18H22O3/c1-5-14-6-8-15(9-7-14)18-19-11-17(12-20-18,13-21-18)10-16(2,3)4/h1,6-9H,10-13H2,2-4H3. The first kappa shape index (κ1) is 14.6. The number of hydrogen-bond acceptors (Lipinski definition) is 3. The quantitative estimate of drug-likeness (QED) is 0.781. The molecule has 0 radical (unpaired) electrons. The minimum absolute atomic E-state index is 0.0290. The summed E-state index contributed by atoms with van der Waals surface area (Å²) in [5.41, 5.74) is 1.90. The van der Waals surface area contributed by atoms with Crippen LogP contribution in [0.5, 0.6) is 0 Å². The molecule has 0 aromatic heterocycles. The van der Waals surface area contributed by atoms with E-state index in [-0.39, 0.29) is 10.8 Å². The summed E-state index contributed by atoms with van der Waals surface area (Å²) in [7, 11) is 0. The van der Waals surface area contributed by atoms with E-state index in [9.17, 15) is 0 Å². The van der Waals surface area contributed by atoms with Gasteiger partial charge in [-0.3, -0.25) is 0 Å². The molecule has 3 heterocycles. The van der Waals surface area contributed by atoms with E-state index >= 15 is 0 Å². The van der Waals surface area contributed by atoms with Gasteiger partial charge in [0, 0.05) is 16.5 Å². The van der Waals surface area contributed by atoms with Crippen LogP contribution in [0.15, 0.2) is 24.3 Å². The molecule has 3 saturated heterocycles. The van der Waals surface area contributed by atoms with E-state index in [0.29, 0.717) is 19.8 Å². The van der Waals surface area contributed by atoms with Crippen molar-refractivity contribution >= 4 is 0 Å². The molecule has 3 nitrogen and oxygen atoms in total. The largest absolute Gasteiger partial charge is 0.323 e. The monoisotopic (exact) mass is 286 g/mol. The zero-order chi connectivity index (χ0) is 15.1. The van der Waals surface area contributed by atoms with Gasteiger partial charge < -0.3 is 14.2 Å². The van der Waals surface area contributed by atoms with Crippen LogP contribution in [0.25, 0.3) is 0 Å². The maximum Gasteiger partial charge on any atom is 0.312 e. The van der Waals surface area contributed by atoms with Gasteiger partial charge in [0.15, 0.2) is 0 Å². The fourth-order valence-electron chi connectivity index (χ4n) is 3.29. The van der Waals surface area contributed by atoms with Crippen LogP contribution in [-0.2, 0) is 20.2 Å². The third-order valence-corrected chi connectivity index (χ3v) is 4.02. The maximum atomic E-state index is 5.98. The SMILES string of the molecule is C#Cc1ccc(C23OCC(CC(C)(C)C)(CO2)CO3)cc1. The number of hydrogen-bond donors (Lipinski definition) is 0. The van der Waals surface area contributed by atoms with E-state index in [1.54, 1.807) is 0 Å². The number of ether oxygens (including phenoxy) is 3. The van der Waals surface area contributed by atoms with Gasteiger partial charge in [-0.15, -0.1) is 6.42 Å². The predicted molar refractivity (Wildman–Crippen MR) is 80.4 cm³/mol. The van der Waals surface area contributed by atoms with E-state index in [2.05, 4.69) is 26.7 Å². The highest BCUT2D eigenvalue weighted by Crippen LogP contribution is 2.48. The molecule has 1 aromatic carbocycles. The average Bonchev–Trinajstić information content (AvgIpc) is 2.47. The van der Waals surface area contributed by atoms with Crippen LogP contribution < -0.4 is 0 Å². The fourth-order valence-corrected chi connectivity index (χ4v) is 3.29. The number of benzene rings is 1. The minimum atomic E-state index is -1.05. The van der Waals surface area contributed by atoms with E-state index in [0.717, 1.165) is 17.5 Å². The molecular weight excluding hydrogens is 264 g/mol. The molecule has 0 N–H and O–H groups in total. The molecule has 0 aliphatic carbocycles. The lowest BCUT2D eigenvalue weighted by atomic mass is 9.74. The molecule has 0 saturated carbocycles. The summed E-state index contributed by atoms with van der Waals surface area (Å²) in [5, 5.41) is 0. The number of terminal acetylenes is 1. The molecule has 0 amide bonds. The Hall–Kier alpha value is -1.34. The van der Waals surface area contributed by atoms with Crippen molar-refractivity contribution < 1.29 is 14.2 Å². The van der Waals surface area contributed by atoms with Crippen LogP contribution in [0.2, 0.25) is 0 Å². The third-order valence-electron chi connectivity index (χ3n) is 4.02. The third kappa shape index (κ3) is 2.72. The second-order valence-electron chi connectivity index (χ2n) is 7.38. The highest BCUT2D eigenvalue weighted by atomic mass is 16.9. The lowest BCUT2D eigenvalue weighted by Gasteiger charge is -2.53. The topological polar surface area (TPSA) is 27.7 Å². The summed E-state index contributed by atoms with van der Waals surface area (Å²) in [6, 6.07) is 7.59. The van der Waals surface area contributed by atoms with Crippen molar-refractivity contribution in [1.82, 2.24) is 0 Å². The van der Waals surface area contributed by atoms with Gasteiger partial charge in [0.05, 0.1) is 19.8 Å². The highest BCUT2D eigenvalue weighted by molar-refractivity contribution is 5.35. The Bertz CT molecular complexity index is 535. The number of fused-ring (bicyclic) bond motifs is 3. The Morgan fingerprint density at radius 3 is 2.00 bits per heavy atom. The van der Waals surface area contributed by atoms with Crippen LogP contribution in [0, 0.1) is 23.2 Å². The van der Waals surface area contributed by atoms with E-state index in [1.165, 1.54) is 0 Å². The zero-order valence-electron chi connectivity index (χ0n) is 12.9. The van der Waals surface area contributed by atoms with E-state index in [4.69, 9.17) is 20.6 Å². The summed E-state index contributed by atoms with van der Waals surface area (Å²) in [4.78, 5) is 0. The van der Waals surface area contributed by atoms with Crippen molar-refractivity contribution in [3.63, 3.8) is 0 Å². The van der Waals surface area contributed by atoms with Crippen LogP contribution in [0.4, 0.5) is 0 Å². The van der Waals surface area contributed by atoms with Gasteiger partial charge in [-0.1, -0.05) is 26.7 Å². The van der Waals surface area contributed by atoms with Gasteiger partial charge in [-0.05, 0) is 36.1 Å². The van der Waals surface area contributed by atoms with Gasteiger partial charge >= 0.3 is 5.97 Å². The van der Waals surface area contributed by atoms with Gasteiger partial charge in [0.1, 0.15) is 0 Å². The normalized spacial score (nSPS) is 31.9. The predicted octanol–water partition coefficient (Wildman–Crippen LogP) is 3.28. The molecule has 0 spiro atoms. The molecule has 112 valence electrons. The Labute approximate surface area is 126 Å². The first-order chi connectivity index (χ1) is 9.87. The molecule has 0 atom stereocenters. The lowest BCUT2D eigenvalue weighted by molar-refractivity contribution is -0.482.